The maximum atomic E-state index is 11.5. The van der Waals surface area contributed by atoms with Gasteiger partial charge in [-0.1, -0.05) is 24.3 Å². The summed E-state index contributed by atoms with van der Waals surface area (Å²) in [6.45, 7) is 0.818. The highest BCUT2D eigenvalue weighted by Gasteiger charge is 2.29. The summed E-state index contributed by atoms with van der Waals surface area (Å²) in [7, 11) is -2.75. The van der Waals surface area contributed by atoms with Crippen molar-refractivity contribution in [3.63, 3.8) is 0 Å². The monoisotopic (exact) mass is 297 g/mol. The van der Waals surface area contributed by atoms with Gasteiger partial charge < -0.3 is 5.32 Å². The molecule has 3 nitrogen and oxygen atoms in total. The summed E-state index contributed by atoms with van der Waals surface area (Å²) < 4.78 is 22.9. The molecule has 2 aliphatic heterocycles. The van der Waals surface area contributed by atoms with Crippen LogP contribution < -0.4 is 5.32 Å². The van der Waals surface area contributed by atoms with E-state index in [0.717, 1.165) is 24.5 Å². The molecule has 1 saturated heterocycles. The van der Waals surface area contributed by atoms with Gasteiger partial charge in [-0.15, -0.1) is 0 Å². The Labute approximate surface area is 119 Å². The Bertz CT molecular complexity index is 556. The third-order valence-electron chi connectivity index (χ3n) is 3.95. The van der Waals surface area contributed by atoms with Crippen LogP contribution in [0.4, 0.5) is 0 Å². The number of hydrogen-bond donors (Lipinski definition) is 1. The van der Waals surface area contributed by atoms with Crippen molar-refractivity contribution in [3.05, 3.63) is 35.4 Å². The van der Waals surface area contributed by atoms with Crippen LogP contribution in [0, 0.1) is 5.92 Å². The van der Waals surface area contributed by atoms with Crippen molar-refractivity contribution in [3.8, 4) is 0 Å². The van der Waals surface area contributed by atoms with E-state index in [-0.39, 0.29) is 0 Å². The number of hydrogen-bond acceptors (Lipinski definition) is 4. The lowest BCUT2D eigenvalue weighted by Crippen LogP contribution is -2.31. The highest BCUT2D eigenvalue weighted by Crippen LogP contribution is 2.31. The van der Waals surface area contributed by atoms with Crippen LogP contribution in [0.25, 0.3) is 0 Å². The van der Waals surface area contributed by atoms with E-state index in [2.05, 4.69) is 29.6 Å². The number of sulfone groups is 1. The molecule has 104 valence electrons. The van der Waals surface area contributed by atoms with Crippen molar-refractivity contribution in [2.24, 2.45) is 5.92 Å². The maximum absolute atomic E-state index is 11.5. The Kier molecular flexibility index (Phi) is 3.87. The summed E-state index contributed by atoms with van der Waals surface area (Å²) in [6.07, 6.45) is 0.816. The van der Waals surface area contributed by atoms with E-state index >= 15 is 0 Å². The highest BCUT2D eigenvalue weighted by molar-refractivity contribution is 7.98. The van der Waals surface area contributed by atoms with Gasteiger partial charge in [0.2, 0.25) is 0 Å². The summed E-state index contributed by atoms with van der Waals surface area (Å²) in [4.78, 5) is 0. The molecule has 0 spiro atoms. The Morgan fingerprint density at radius 1 is 1.32 bits per heavy atom. The molecule has 1 fully saturated rings. The summed E-state index contributed by atoms with van der Waals surface area (Å²) in [5, 5.41) is 3.57. The second-order valence-corrected chi connectivity index (χ2v) is 8.70. The van der Waals surface area contributed by atoms with Crippen molar-refractivity contribution in [1.29, 1.82) is 0 Å². The topological polar surface area (TPSA) is 46.2 Å². The summed E-state index contributed by atoms with van der Waals surface area (Å²) in [5.41, 5.74) is 2.80. The molecule has 0 aliphatic carbocycles. The van der Waals surface area contributed by atoms with Gasteiger partial charge in [-0.25, -0.2) is 8.42 Å². The predicted octanol–water partition coefficient (Wildman–Crippen LogP) is 2.00. The fraction of sp³-hybridized carbons (Fsp3) is 0.571. The Balaban J connectivity index is 1.63. The smallest absolute Gasteiger partial charge is 0.150 e. The molecule has 2 atom stereocenters. The number of thioether (sulfide) groups is 1. The van der Waals surface area contributed by atoms with Gasteiger partial charge in [0.15, 0.2) is 9.84 Å². The maximum Gasteiger partial charge on any atom is 0.150 e. The van der Waals surface area contributed by atoms with Crippen molar-refractivity contribution in [2.75, 3.05) is 23.8 Å². The van der Waals surface area contributed by atoms with Crippen LogP contribution in [0.2, 0.25) is 0 Å². The van der Waals surface area contributed by atoms with Crippen molar-refractivity contribution >= 4 is 21.6 Å². The number of nitrogens with one attached hydrogen (secondary N) is 1. The molecule has 19 heavy (non-hydrogen) atoms. The molecular weight excluding hydrogens is 278 g/mol. The fourth-order valence-corrected chi connectivity index (χ4v) is 5.89. The van der Waals surface area contributed by atoms with Gasteiger partial charge in [0.25, 0.3) is 0 Å². The van der Waals surface area contributed by atoms with Gasteiger partial charge in [0.1, 0.15) is 0 Å². The average molecular weight is 297 g/mol. The summed E-state index contributed by atoms with van der Waals surface area (Å²) >= 11 is 1.95. The van der Waals surface area contributed by atoms with Crippen LogP contribution >= 0.6 is 11.8 Å². The van der Waals surface area contributed by atoms with Gasteiger partial charge in [0, 0.05) is 17.5 Å². The van der Waals surface area contributed by atoms with Gasteiger partial charge in [0.05, 0.1) is 11.5 Å². The number of rotatable bonds is 3. The molecule has 1 aromatic rings. The Morgan fingerprint density at radius 2 is 2.16 bits per heavy atom. The van der Waals surface area contributed by atoms with Gasteiger partial charge in [-0.3, -0.25) is 0 Å². The molecule has 1 N–H and O–H groups in total. The number of benzene rings is 1. The zero-order valence-electron chi connectivity index (χ0n) is 10.8. The van der Waals surface area contributed by atoms with Gasteiger partial charge >= 0.3 is 0 Å². The SMILES string of the molecule is O=S1(=O)CCC(CNC2CSCc3ccccc32)C1. The normalized spacial score (nSPS) is 29.1. The number of fused-ring (bicyclic) bond motifs is 1. The minimum atomic E-state index is -2.75. The molecule has 2 heterocycles. The van der Waals surface area contributed by atoms with Crippen LogP contribution in [0.1, 0.15) is 23.6 Å². The minimum Gasteiger partial charge on any atom is -0.309 e. The third kappa shape index (κ3) is 3.15. The molecule has 0 saturated carbocycles. The van der Waals surface area contributed by atoms with Crippen molar-refractivity contribution < 1.29 is 8.42 Å². The van der Waals surface area contributed by atoms with Crippen molar-refractivity contribution in [2.45, 2.75) is 18.2 Å². The van der Waals surface area contributed by atoms with E-state index in [9.17, 15) is 8.42 Å². The first-order chi connectivity index (χ1) is 9.14. The molecule has 2 aliphatic rings. The van der Waals surface area contributed by atoms with Crippen LogP contribution in [-0.2, 0) is 15.6 Å². The lowest BCUT2D eigenvalue weighted by Gasteiger charge is -2.27. The lowest BCUT2D eigenvalue weighted by molar-refractivity contribution is 0.477. The van der Waals surface area contributed by atoms with E-state index in [4.69, 9.17) is 0 Å². The van der Waals surface area contributed by atoms with Gasteiger partial charge in [-0.05, 0) is 30.0 Å². The van der Waals surface area contributed by atoms with Crippen LogP contribution in [0.3, 0.4) is 0 Å². The zero-order chi connectivity index (χ0) is 13.3. The van der Waals surface area contributed by atoms with Crippen molar-refractivity contribution in [1.82, 2.24) is 5.32 Å². The summed E-state index contributed by atoms with van der Waals surface area (Å²) in [6, 6.07) is 8.93. The van der Waals surface area contributed by atoms with E-state index in [1.165, 1.54) is 11.1 Å². The Hall–Kier alpha value is -0.520. The second kappa shape index (κ2) is 5.46. The first-order valence-electron chi connectivity index (χ1n) is 6.73. The van der Waals surface area contributed by atoms with E-state index < -0.39 is 9.84 Å². The van der Waals surface area contributed by atoms with E-state index in [1.54, 1.807) is 0 Å². The molecule has 0 radical (unpaired) electrons. The lowest BCUT2D eigenvalue weighted by atomic mass is 10.0. The molecule has 3 rings (SSSR count). The van der Waals surface area contributed by atoms with Crippen LogP contribution in [0.15, 0.2) is 24.3 Å². The fourth-order valence-electron chi connectivity index (χ4n) is 2.89. The summed E-state index contributed by atoms with van der Waals surface area (Å²) in [5.74, 6) is 3.20. The standard InChI is InChI=1S/C14H19NO2S2/c16-19(17)6-5-11(10-19)7-15-14-9-18-8-12-3-1-2-4-13(12)14/h1-4,11,14-15H,5-10H2. The average Bonchev–Trinajstić information content (AvgIpc) is 2.76. The minimum absolute atomic E-state index is 0.295. The van der Waals surface area contributed by atoms with E-state index in [0.29, 0.717) is 23.5 Å². The second-order valence-electron chi connectivity index (χ2n) is 5.44. The van der Waals surface area contributed by atoms with E-state index in [1.807, 2.05) is 11.8 Å². The molecule has 5 heteroatoms. The molecule has 0 bridgehead atoms. The molecular formula is C14H19NO2S2. The Morgan fingerprint density at radius 3 is 2.95 bits per heavy atom. The van der Waals surface area contributed by atoms with Gasteiger partial charge in [-0.2, -0.15) is 11.8 Å². The largest absolute Gasteiger partial charge is 0.309 e. The first-order valence-corrected chi connectivity index (χ1v) is 9.71. The predicted molar refractivity (Wildman–Crippen MR) is 80.1 cm³/mol. The molecule has 1 aromatic carbocycles. The molecule has 0 amide bonds. The molecule has 2 unspecified atom stereocenters. The molecule has 0 aromatic heterocycles. The first kappa shape index (κ1) is 13.5. The third-order valence-corrected chi connectivity index (χ3v) is 6.87. The van der Waals surface area contributed by atoms with Crippen LogP contribution in [-0.4, -0.2) is 32.2 Å². The zero-order valence-corrected chi connectivity index (χ0v) is 12.5. The quantitative estimate of drug-likeness (QED) is 0.927. The van der Waals surface area contributed by atoms with Crippen LogP contribution in [0.5, 0.6) is 0 Å². The highest BCUT2D eigenvalue weighted by atomic mass is 32.2.